The number of rotatable bonds is 6. The van der Waals surface area contributed by atoms with E-state index in [1.807, 2.05) is 13.0 Å². The Balaban J connectivity index is 3.88. The molecule has 74 valence electrons. The van der Waals surface area contributed by atoms with Gasteiger partial charge < -0.3 is 9.64 Å². The van der Waals surface area contributed by atoms with Crippen molar-refractivity contribution in [2.75, 3.05) is 26.8 Å². The minimum absolute atomic E-state index is 0.0762. The van der Waals surface area contributed by atoms with Crippen LogP contribution in [-0.4, -0.2) is 37.6 Å². The first-order valence-electron chi connectivity index (χ1n) is 4.39. The highest BCUT2D eigenvalue weighted by molar-refractivity contribution is 5.75. The smallest absolute Gasteiger partial charge is 0.222 e. The van der Waals surface area contributed by atoms with Gasteiger partial charge in [-0.05, 0) is 0 Å². The van der Waals surface area contributed by atoms with Crippen LogP contribution in [0, 0.1) is 11.3 Å². The van der Waals surface area contributed by atoms with Crippen LogP contribution in [-0.2, 0) is 9.53 Å². The number of methoxy groups -OCH3 is 1. The monoisotopic (exact) mass is 184 g/mol. The van der Waals surface area contributed by atoms with Crippen LogP contribution < -0.4 is 0 Å². The van der Waals surface area contributed by atoms with Crippen molar-refractivity contribution in [1.29, 1.82) is 5.26 Å². The molecule has 0 heterocycles. The van der Waals surface area contributed by atoms with E-state index in [1.165, 1.54) is 0 Å². The van der Waals surface area contributed by atoms with Crippen LogP contribution in [0.4, 0.5) is 0 Å². The number of nitrogens with zero attached hydrogens (tertiary/aromatic N) is 2. The summed E-state index contributed by atoms with van der Waals surface area (Å²) in [6, 6.07) is 2.02. The van der Waals surface area contributed by atoms with Crippen LogP contribution >= 0.6 is 0 Å². The fraction of sp³-hybridized carbons (Fsp3) is 0.778. The maximum absolute atomic E-state index is 11.3. The third-order valence-electron chi connectivity index (χ3n) is 1.71. The van der Waals surface area contributed by atoms with Crippen molar-refractivity contribution in [2.24, 2.45) is 0 Å². The predicted octanol–water partition coefficient (Wildman–Crippen LogP) is 0.785. The van der Waals surface area contributed by atoms with Crippen molar-refractivity contribution in [3.05, 3.63) is 0 Å². The molecule has 4 heteroatoms. The molecule has 0 fully saturated rings. The van der Waals surface area contributed by atoms with Gasteiger partial charge in [0, 0.05) is 26.6 Å². The van der Waals surface area contributed by atoms with Crippen molar-refractivity contribution in [3.63, 3.8) is 0 Å². The van der Waals surface area contributed by atoms with Crippen LogP contribution in [0.1, 0.15) is 19.8 Å². The average molecular weight is 184 g/mol. The zero-order valence-corrected chi connectivity index (χ0v) is 8.25. The Hall–Kier alpha value is -1.08. The Morgan fingerprint density at radius 3 is 2.69 bits per heavy atom. The quantitative estimate of drug-likeness (QED) is 0.613. The zero-order valence-electron chi connectivity index (χ0n) is 8.25. The molecule has 0 atom stereocenters. The Labute approximate surface area is 79.1 Å². The van der Waals surface area contributed by atoms with Crippen LogP contribution in [0.3, 0.4) is 0 Å². The van der Waals surface area contributed by atoms with Gasteiger partial charge in [-0.2, -0.15) is 5.26 Å². The molecule has 0 rings (SSSR count). The molecule has 0 aromatic heterocycles. The lowest BCUT2D eigenvalue weighted by atomic mass is 10.3. The molecule has 13 heavy (non-hydrogen) atoms. The van der Waals surface area contributed by atoms with Gasteiger partial charge in [-0.3, -0.25) is 4.79 Å². The molecule has 0 unspecified atom stereocenters. The highest BCUT2D eigenvalue weighted by atomic mass is 16.5. The molecule has 0 aromatic carbocycles. The largest absolute Gasteiger partial charge is 0.383 e. The molecule has 0 aliphatic carbocycles. The van der Waals surface area contributed by atoms with E-state index in [0.29, 0.717) is 32.5 Å². The van der Waals surface area contributed by atoms with Crippen molar-refractivity contribution in [3.8, 4) is 6.07 Å². The van der Waals surface area contributed by atoms with Gasteiger partial charge in [-0.25, -0.2) is 0 Å². The minimum atomic E-state index is 0.0762. The van der Waals surface area contributed by atoms with Crippen molar-refractivity contribution in [1.82, 2.24) is 4.90 Å². The predicted molar refractivity (Wildman–Crippen MR) is 49.0 cm³/mol. The van der Waals surface area contributed by atoms with Crippen LogP contribution in [0.15, 0.2) is 0 Å². The van der Waals surface area contributed by atoms with Crippen molar-refractivity contribution >= 4 is 5.91 Å². The van der Waals surface area contributed by atoms with E-state index in [-0.39, 0.29) is 5.91 Å². The van der Waals surface area contributed by atoms with E-state index in [1.54, 1.807) is 12.0 Å². The highest BCUT2D eigenvalue weighted by Crippen LogP contribution is 1.95. The molecule has 0 aromatic rings. The maximum Gasteiger partial charge on any atom is 0.222 e. The van der Waals surface area contributed by atoms with Crippen LogP contribution in [0.25, 0.3) is 0 Å². The summed E-state index contributed by atoms with van der Waals surface area (Å²) in [6.45, 7) is 3.42. The third-order valence-corrected chi connectivity index (χ3v) is 1.71. The fourth-order valence-electron chi connectivity index (χ4n) is 0.971. The van der Waals surface area contributed by atoms with Gasteiger partial charge in [0.05, 0.1) is 19.1 Å². The highest BCUT2D eigenvalue weighted by Gasteiger charge is 2.09. The fourth-order valence-corrected chi connectivity index (χ4v) is 0.971. The van der Waals surface area contributed by atoms with Gasteiger partial charge in [0.2, 0.25) is 5.91 Å². The van der Waals surface area contributed by atoms with E-state index in [0.717, 1.165) is 0 Å². The molecule has 0 N–H and O–H groups in total. The first kappa shape index (κ1) is 11.9. The Bertz CT molecular complexity index is 187. The summed E-state index contributed by atoms with van der Waals surface area (Å²) in [6.07, 6.45) is 0.866. The summed E-state index contributed by atoms with van der Waals surface area (Å²) in [7, 11) is 1.60. The number of carbonyl (C=O) groups is 1. The topological polar surface area (TPSA) is 53.3 Å². The number of carbonyl (C=O) groups excluding carboxylic acids is 1. The van der Waals surface area contributed by atoms with E-state index >= 15 is 0 Å². The van der Waals surface area contributed by atoms with Gasteiger partial charge in [0.15, 0.2) is 0 Å². The summed E-state index contributed by atoms with van der Waals surface area (Å²) in [4.78, 5) is 12.9. The van der Waals surface area contributed by atoms with E-state index < -0.39 is 0 Å². The Kier molecular flexibility index (Phi) is 6.93. The van der Waals surface area contributed by atoms with Gasteiger partial charge in [0.25, 0.3) is 0 Å². The molecule has 0 saturated heterocycles. The molecule has 0 saturated carbocycles. The normalized spacial score (nSPS) is 9.31. The molecule has 0 aliphatic heterocycles. The molecular weight excluding hydrogens is 168 g/mol. The maximum atomic E-state index is 11.3. The van der Waals surface area contributed by atoms with E-state index in [4.69, 9.17) is 10.00 Å². The second-order valence-electron chi connectivity index (χ2n) is 2.64. The summed E-state index contributed by atoms with van der Waals surface area (Å²) in [5, 5.41) is 8.38. The molecule has 1 amide bonds. The van der Waals surface area contributed by atoms with Gasteiger partial charge in [0.1, 0.15) is 0 Å². The number of amides is 1. The summed E-state index contributed by atoms with van der Waals surface area (Å²) in [5.41, 5.74) is 0. The molecule has 0 aliphatic rings. The van der Waals surface area contributed by atoms with Crippen molar-refractivity contribution < 1.29 is 9.53 Å². The van der Waals surface area contributed by atoms with E-state index in [2.05, 4.69) is 0 Å². The summed E-state index contributed by atoms with van der Waals surface area (Å²) >= 11 is 0. The molecule has 0 bridgehead atoms. The summed E-state index contributed by atoms with van der Waals surface area (Å²) in [5.74, 6) is 0.0762. The molecule has 4 nitrogen and oxygen atoms in total. The zero-order chi connectivity index (χ0) is 10.1. The lowest BCUT2D eigenvalue weighted by Crippen LogP contribution is -2.34. The number of hydrogen-bond acceptors (Lipinski definition) is 3. The molecule has 0 spiro atoms. The second-order valence-corrected chi connectivity index (χ2v) is 2.64. The van der Waals surface area contributed by atoms with Crippen LogP contribution in [0.2, 0.25) is 0 Å². The number of hydrogen-bond donors (Lipinski definition) is 0. The molecular formula is C9H16N2O2. The lowest BCUT2D eigenvalue weighted by molar-refractivity contribution is -0.131. The van der Waals surface area contributed by atoms with Gasteiger partial charge >= 0.3 is 0 Å². The Morgan fingerprint density at radius 2 is 2.23 bits per heavy atom. The number of nitriles is 1. The average Bonchev–Trinajstić information content (AvgIpc) is 2.17. The first-order valence-corrected chi connectivity index (χ1v) is 4.39. The standard InChI is InChI=1S/C9H16N2O2/c1-3-9(12)11(6-4-5-10)7-8-13-2/h3-4,6-8H2,1-2H3. The van der Waals surface area contributed by atoms with Gasteiger partial charge in [-0.1, -0.05) is 6.92 Å². The Morgan fingerprint density at radius 1 is 1.54 bits per heavy atom. The minimum Gasteiger partial charge on any atom is -0.383 e. The number of ether oxygens (including phenoxy) is 1. The summed E-state index contributed by atoms with van der Waals surface area (Å²) < 4.78 is 4.87. The SMILES string of the molecule is CCC(=O)N(CCC#N)CCOC. The van der Waals surface area contributed by atoms with Crippen molar-refractivity contribution in [2.45, 2.75) is 19.8 Å². The van der Waals surface area contributed by atoms with E-state index in [9.17, 15) is 4.79 Å². The first-order chi connectivity index (χ1) is 6.26. The third kappa shape index (κ3) is 5.21. The lowest BCUT2D eigenvalue weighted by Gasteiger charge is -2.20. The second kappa shape index (κ2) is 7.56. The van der Waals surface area contributed by atoms with Gasteiger partial charge in [-0.15, -0.1) is 0 Å². The molecule has 0 radical (unpaired) electrons. The van der Waals surface area contributed by atoms with Crippen LogP contribution in [0.5, 0.6) is 0 Å².